The highest BCUT2D eigenvalue weighted by molar-refractivity contribution is 6.42. The molecule has 0 bridgehead atoms. The number of hydrazone groups is 1. The number of hydrogen-bond donors (Lipinski definition) is 1. The van der Waals surface area contributed by atoms with Gasteiger partial charge in [0.25, 0.3) is 0 Å². The molecule has 0 amide bonds. The Kier molecular flexibility index (Phi) is 3.46. The molecule has 0 unspecified atom stereocenters. The van der Waals surface area contributed by atoms with Crippen molar-refractivity contribution < 1.29 is 4.79 Å². The maximum absolute atomic E-state index is 11.3. The Morgan fingerprint density at radius 1 is 1.19 bits per heavy atom. The van der Waals surface area contributed by atoms with Crippen molar-refractivity contribution in [1.29, 1.82) is 0 Å². The van der Waals surface area contributed by atoms with Crippen LogP contribution in [0.2, 0.25) is 10.0 Å². The number of benzene rings is 1. The van der Waals surface area contributed by atoms with Crippen molar-refractivity contribution in [2.75, 3.05) is 5.43 Å². The fraction of sp³-hybridized carbons (Fsp3) is 0.273. The van der Waals surface area contributed by atoms with Gasteiger partial charge in [-0.2, -0.15) is 5.10 Å². The van der Waals surface area contributed by atoms with Crippen molar-refractivity contribution in [3.8, 4) is 0 Å². The summed E-state index contributed by atoms with van der Waals surface area (Å²) in [5.41, 5.74) is 4.14. The lowest BCUT2D eigenvalue weighted by Crippen LogP contribution is -2.07. The van der Waals surface area contributed by atoms with E-state index in [0.29, 0.717) is 22.2 Å². The van der Waals surface area contributed by atoms with Gasteiger partial charge in [0.1, 0.15) is 5.71 Å². The maximum Gasteiger partial charge on any atom is 0.178 e. The fourth-order valence-corrected chi connectivity index (χ4v) is 1.81. The van der Waals surface area contributed by atoms with Crippen LogP contribution in [0, 0.1) is 0 Å². The summed E-state index contributed by atoms with van der Waals surface area (Å²) in [6.45, 7) is 0. The molecule has 0 aromatic heterocycles. The molecule has 1 aromatic carbocycles. The van der Waals surface area contributed by atoms with Gasteiger partial charge in [0.2, 0.25) is 0 Å². The average molecular weight is 257 g/mol. The minimum Gasteiger partial charge on any atom is -0.293 e. The molecule has 84 valence electrons. The number of hydrogen-bond acceptors (Lipinski definition) is 3. The van der Waals surface area contributed by atoms with Gasteiger partial charge >= 0.3 is 0 Å². The highest BCUT2D eigenvalue weighted by Gasteiger charge is 2.18. The van der Waals surface area contributed by atoms with E-state index < -0.39 is 0 Å². The Hall–Kier alpha value is -1.06. The SMILES string of the molecule is O=C1CCCC1=NNc1ccc(Cl)c(Cl)c1. The molecule has 0 atom stereocenters. The second-order valence-electron chi connectivity index (χ2n) is 3.58. The number of ketones is 1. The van der Waals surface area contributed by atoms with E-state index in [0.717, 1.165) is 18.5 Å². The lowest BCUT2D eigenvalue weighted by Gasteiger charge is -2.02. The second-order valence-corrected chi connectivity index (χ2v) is 4.39. The molecule has 1 N–H and O–H groups in total. The molecule has 1 aliphatic carbocycles. The van der Waals surface area contributed by atoms with Gasteiger partial charge in [0.15, 0.2) is 5.78 Å². The Morgan fingerprint density at radius 3 is 2.62 bits per heavy atom. The number of carbonyl (C=O) groups excluding carboxylic acids is 1. The zero-order valence-electron chi connectivity index (χ0n) is 8.46. The molecule has 1 fully saturated rings. The van der Waals surface area contributed by atoms with Crippen LogP contribution in [0.3, 0.4) is 0 Å². The van der Waals surface area contributed by atoms with E-state index in [-0.39, 0.29) is 5.78 Å². The first-order chi connectivity index (χ1) is 7.66. The predicted molar refractivity (Wildman–Crippen MR) is 66.4 cm³/mol. The van der Waals surface area contributed by atoms with E-state index in [1.165, 1.54) is 0 Å². The average Bonchev–Trinajstić information content (AvgIpc) is 2.66. The molecular weight excluding hydrogens is 247 g/mol. The van der Waals surface area contributed by atoms with Crippen molar-refractivity contribution in [3.63, 3.8) is 0 Å². The van der Waals surface area contributed by atoms with Gasteiger partial charge in [-0.1, -0.05) is 23.2 Å². The van der Waals surface area contributed by atoms with Gasteiger partial charge < -0.3 is 0 Å². The standard InChI is InChI=1S/C11H10Cl2N2O/c12-8-5-4-7(6-9(8)13)14-15-10-2-1-3-11(10)16/h4-6,14H,1-3H2. The number of anilines is 1. The van der Waals surface area contributed by atoms with Crippen molar-refractivity contribution in [3.05, 3.63) is 28.2 Å². The van der Waals surface area contributed by atoms with Gasteiger partial charge in [0.05, 0.1) is 15.7 Å². The molecule has 0 aliphatic heterocycles. The van der Waals surface area contributed by atoms with E-state index in [4.69, 9.17) is 23.2 Å². The zero-order valence-corrected chi connectivity index (χ0v) is 9.98. The number of rotatable bonds is 2. The molecule has 0 radical (unpaired) electrons. The van der Waals surface area contributed by atoms with E-state index in [1.54, 1.807) is 18.2 Å². The number of halogens is 2. The fourth-order valence-electron chi connectivity index (χ4n) is 1.52. The molecule has 1 saturated carbocycles. The molecule has 1 aromatic rings. The summed E-state index contributed by atoms with van der Waals surface area (Å²) in [5, 5.41) is 5.02. The van der Waals surface area contributed by atoms with Crippen LogP contribution in [-0.4, -0.2) is 11.5 Å². The van der Waals surface area contributed by atoms with Crippen LogP contribution in [0.5, 0.6) is 0 Å². The first-order valence-electron chi connectivity index (χ1n) is 4.97. The van der Waals surface area contributed by atoms with Crippen molar-refractivity contribution in [1.82, 2.24) is 0 Å². The number of Topliss-reactive ketones (excluding diaryl/α,β-unsaturated/α-hetero) is 1. The van der Waals surface area contributed by atoms with Gasteiger partial charge in [-0.05, 0) is 31.0 Å². The van der Waals surface area contributed by atoms with Crippen LogP contribution in [0.1, 0.15) is 19.3 Å². The normalized spacial score (nSPS) is 18.1. The number of carbonyl (C=O) groups is 1. The van der Waals surface area contributed by atoms with Gasteiger partial charge in [-0.15, -0.1) is 0 Å². The van der Waals surface area contributed by atoms with E-state index in [1.807, 2.05) is 0 Å². The third-order valence-corrected chi connectivity index (χ3v) is 3.12. The first-order valence-corrected chi connectivity index (χ1v) is 5.73. The first kappa shape index (κ1) is 11.4. The van der Waals surface area contributed by atoms with E-state index in [2.05, 4.69) is 10.5 Å². The molecule has 0 saturated heterocycles. The van der Waals surface area contributed by atoms with Gasteiger partial charge in [-0.25, -0.2) is 0 Å². The van der Waals surface area contributed by atoms with E-state index in [9.17, 15) is 4.79 Å². The smallest absolute Gasteiger partial charge is 0.178 e. The third kappa shape index (κ3) is 2.54. The minimum absolute atomic E-state index is 0.118. The van der Waals surface area contributed by atoms with Crippen LogP contribution >= 0.6 is 23.2 Å². The van der Waals surface area contributed by atoms with Gasteiger partial charge in [0, 0.05) is 6.42 Å². The molecule has 0 heterocycles. The molecule has 2 rings (SSSR count). The molecule has 16 heavy (non-hydrogen) atoms. The van der Waals surface area contributed by atoms with Crippen LogP contribution in [-0.2, 0) is 4.79 Å². The lowest BCUT2D eigenvalue weighted by molar-refractivity contribution is -0.112. The monoisotopic (exact) mass is 256 g/mol. The van der Waals surface area contributed by atoms with Crippen LogP contribution < -0.4 is 5.43 Å². The Bertz CT molecular complexity index is 457. The van der Waals surface area contributed by atoms with Crippen LogP contribution in [0.15, 0.2) is 23.3 Å². The second kappa shape index (κ2) is 4.85. The highest BCUT2D eigenvalue weighted by Crippen LogP contribution is 2.25. The molecular formula is C11H10Cl2N2O. The van der Waals surface area contributed by atoms with Gasteiger partial charge in [-0.3, -0.25) is 10.2 Å². The van der Waals surface area contributed by atoms with E-state index >= 15 is 0 Å². The Morgan fingerprint density at radius 2 is 2.00 bits per heavy atom. The number of nitrogens with one attached hydrogen (secondary N) is 1. The lowest BCUT2D eigenvalue weighted by atomic mass is 10.3. The van der Waals surface area contributed by atoms with Crippen molar-refractivity contribution >= 4 is 40.4 Å². The topological polar surface area (TPSA) is 41.5 Å². The molecule has 1 aliphatic rings. The minimum atomic E-state index is 0.118. The quantitative estimate of drug-likeness (QED) is 0.823. The third-order valence-electron chi connectivity index (χ3n) is 2.38. The maximum atomic E-state index is 11.3. The summed E-state index contributed by atoms with van der Waals surface area (Å²) in [6.07, 6.45) is 2.23. The summed E-state index contributed by atoms with van der Waals surface area (Å²) >= 11 is 11.6. The Labute approximate surface area is 103 Å². The summed E-state index contributed by atoms with van der Waals surface area (Å²) < 4.78 is 0. The molecule has 0 spiro atoms. The number of nitrogens with zero attached hydrogens (tertiary/aromatic N) is 1. The summed E-state index contributed by atoms with van der Waals surface area (Å²) in [6, 6.07) is 5.12. The molecule has 3 nitrogen and oxygen atoms in total. The van der Waals surface area contributed by atoms with Crippen LogP contribution in [0.4, 0.5) is 5.69 Å². The molecule has 5 heteroatoms. The predicted octanol–water partition coefficient (Wildman–Crippen LogP) is 3.51. The largest absolute Gasteiger partial charge is 0.293 e. The highest BCUT2D eigenvalue weighted by atomic mass is 35.5. The van der Waals surface area contributed by atoms with Crippen molar-refractivity contribution in [2.24, 2.45) is 5.10 Å². The van der Waals surface area contributed by atoms with Crippen molar-refractivity contribution in [2.45, 2.75) is 19.3 Å². The summed E-state index contributed by atoms with van der Waals surface area (Å²) in [7, 11) is 0. The van der Waals surface area contributed by atoms with Crippen LogP contribution in [0.25, 0.3) is 0 Å². The summed E-state index contributed by atoms with van der Waals surface area (Å²) in [4.78, 5) is 11.3. The zero-order chi connectivity index (χ0) is 11.5. The Balaban J connectivity index is 2.09. The summed E-state index contributed by atoms with van der Waals surface area (Å²) in [5.74, 6) is 0.118.